The van der Waals surface area contributed by atoms with Gasteiger partial charge in [0.1, 0.15) is 0 Å². The molecule has 2 saturated carbocycles. The van der Waals surface area contributed by atoms with Crippen LogP contribution in [0.25, 0.3) is 0 Å². The van der Waals surface area contributed by atoms with Gasteiger partial charge in [-0.1, -0.05) is 6.07 Å². The van der Waals surface area contributed by atoms with Crippen molar-refractivity contribution in [1.29, 1.82) is 0 Å². The summed E-state index contributed by atoms with van der Waals surface area (Å²) in [6, 6.07) is 4.93. The molecule has 0 spiro atoms. The molecule has 2 atom stereocenters. The molecule has 1 aromatic rings. The summed E-state index contributed by atoms with van der Waals surface area (Å²) >= 11 is 0. The van der Waals surface area contributed by atoms with E-state index >= 15 is 0 Å². The zero-order valence-corrected chi connectivity index (χ0v) is 9.65. The summed E-state index contributed by atoms with van der Waals surface area (Å²) < 4.78 is 5.06. The third kappa shape index (κ3) is 2.19. The van der Waals surface area contributed by atoms with Crippen LogP contribution in [-0.2, 0) is 0 Å². The molecule has 2 aliphatic rings. The molecular weight excluding hydrogens is 200 g/mol. The van der Waals surface area contributed by atoms with Crippen LogP contribution in [0.5, 0.6) is 5.88 Å². The minimum absolute atomic E-state index is 0.706. The Morgan fingerprint density at radius 2 is 2.31 bits per heavy atom. The maximum Gasteiger partial charge on any atom is 0.212 e. The Morgan fingerprint density at radius 1 is 1.44 bits per heavy atom. The third-order valence-electron chi connectivity index (χ3n) is 3.57. The van der Waals surface area contributed by atoms with Gasteiger partial charge in [0, 0.05) is 18.3 Å². The van der Waals surface area contributed by atoms with E-state index < -0.39 is 0 Å². The van der Waals surface area contributed by atoms with Gasteiger partial charge in [0.25, 0.3) is 0 Å². The normalized spacial score (nSPS) is 27.8. The maximum atomic E-state index is 5.06. The topological polar surface area (TPSA) is 34.1 Å². The molecule has 1 aromatic heterocycles. The van der Waals surface area contributed by atoms with Crippen LogP contribution in [0.15, 0.2) is 18.3 Å². The molecule has 0 saturated heterocycles. The molecule has 1 N–H and O–H groups in total. The predicted molar refractivity (Wildman–Crippen MR) is 62.7 cm³/mol. The first-order chi connectivity index (χ1) is 7.86. The van der Waals surface area contributed by atoms with Crippen LogP contribution in [0, 0.1) is 5.92 Å². The van der Waals surface area contributed by atoms with E-state index in [0.717, 1.165) is 17.9 Å². The van der Waals surface area contributed by atoms with Crippen LogP contribution >= 0.6 is 0 Å². The minimum atomic E-state index is 0.706. The van der Waals surface area contributed by atoms with Crippen molar-refractivity contribution in [3.05, 3.63) is 23.9 Å². The summed E-state index contributed by atoms with van der Waals surface area (Å²) in [7, 11) is 1.65. The first-order valence-electron chi connectivity index (χ1n) is 6.10. The molecule has 0 amide bonds. The zero-order chi connectivity index (χ0) is 11.0. The summed E-state index contributed by atoms with van der Waals surface area (Å²) in [5, 5.41) is 3.60. The molecule has 3 rings (SSSR count). The minimum Gasteiger partial charge on any atom is -0.481 e. The van der Waals surface area contributed by atoms with Crippen LogP contribution in [0.1, 0.15) is 30.7 Å². The van der Waals surface area contributed by atoms with Crippen molar-refractivity contribution in [2.24, 2.45) is 5.92 Å². The van der Waals surface area contributed by atoms with E-state index in [2.05, 4.69) is 16.4 Å². The largest absolute Gasteiger partial charge is 0.481 e. The molecule has 86 valence electrons. The lowest BCUT2D eigenvalue weighted by atomic mass is 10.1. The average molecular weight is 218 g/mol. The second kappa shape index (κ2) is 4.06. The SMILES string of the molecule is COc1ccc(C2CC2CNC2CC2)cn1. The van der Waals surface area contributed by atoms with Gasteiger partial charge < -0.3 is 10.1 Å². The number of aromatic nitrogens is 1. The summed E-state index contributed by atoms with van der Waals surface area (Å²) in [4.78, 5) is 4.26. The van der Waals surface area contributed by atoms with Crippen LogP contribution in [-0.4, -0.2) is 24.7 Å². The lowest BCUT2D eigenvalue weighted by molar-refractivity contribution is 0.397. The van der Waals surface area contributed by atoms with Gasteiger partial charge in [-0.15, -0.1) is 0 Å². The lowest BCUT2D eigenvalue weighted by Crippen LogP contribution is -2.19. The Balaban J connectivity index is 1.53. The van der Waals surface area contributed by atoms with Crippen LogP contribution in [0.3, 0.4) is 0 Å². The van der Waals surface area contributed by atoms with Crippen molar-refractivity contribution in [2.75, 3.05) is 13.7 Å². The van der Waals surface area contributed by atoms with E-state index in [-0.39, 0.29) is 0 Å². The second-order valence-corrected chi connectivity index (χ2v) is 4.92. The lowest BCUT2D eigenvalue weighted by Gasteiger charge is -2.03. The molecule has 0 bridgehead atoms. The molecule has 2 aliphatic carbocycles. The van der Waals surface area contributed by atoms with Crippen molar-refractivity contribution in [1.82, 2.24) is 10.3 Å². The highest BCUT2D eigenvalue weighted by molar-refractivity contribution is 5.26. The predicted octanol–water partition coefficient (Wildman–Crippen LogP) is 1.95. The van der Waals surface area contributed by atoms with Crippen molar-refractivity contribution in [3.8, 4) is 5.88 Å². The molecule has 3 nitrogen and oxygen atoms in total. The highest BCUT2D eigenvalue weighted by Crippen LogP contribution is 2.47. The molecule has 0 aromatic carbocycles. The molecule has 2 unspecified atom stereocenters. The quantitative estimate of drug-likeness (QED) is 0.820. The second-order valence-electron chi connectivity index (χ2n) is 4.92. The van der Waals surface area contributed by atoms with E-state index in [9.17, 15) is 0 Å². The summed E-state index contributed by atoms with van der Waals surface area (Å²) in [6.45, 7) is 1.18. The third-order valence-corrected chi connectivity index (χ3v) is 3.57. The molecule has 2 fully saturated rings. The number of pyridine rings is 1. The standard InChI is InChI=1S/C13H18N2O/c1-16-13-5-2-9(7-15-13)12-6-10(12)8-14-11-3-4-11/h2,5,7,10-12,14H,3-4,6,8H2,1H3. The molecule has 1 heterocycles. The van der Waals surface area contributed by atoms with Gasteiger partial charge >= 0.3 is 0 Å². The summed E-state index contributed by atoms with van der Waals surface area (Å²) in [5.41, 5.74) is 1.36. The fourth-order valence-electron chi connectivity index (χ4n) is 2.22. The fourth-order valence-corrected chi connectivity index (χ4v) is 2.22. The molecular formula is C13H18N2O. The van der Waals surface area contributed by atoms with E-state index in [1.807, 2.05) is 12.3 Å². The maximum absolute atomic E-state index is 5.06. The molecule has 0 aliphatic heterocycles. The van der Waals surface area contributed by atoms with Gasteiger partial charge in [-0.3, -0.25) is 0 Å². The van der Waals surface area contributed by atoms with Crippen LogP contribution in [0.4, 0.5) is 0 Å². The number of hydrogen-bond donors (Lipinski definition) is 1. The van der Waals surface area contributed by atoms with Crippen LogP contribution in [0.2, 0.25) is 0 Å². The summed E-state index contributed by atoms with van der Waals surface area (Å²) in [5.74, 6) is 2.26. The van der Waals surface area contributed by atoms with Gasteiger partial charge in [0.15, 0.2) is 0 Å². The summed E-state index contributed by atoms with van der Waals surface area (Å²) in [6.07, 6.45) is 6.03. The number of ether oxygens (including phenoxy) is 1. The first-order valence-corrected chi connectivity index (χ1v) is 6.10. The van der Waals surface area contributed by atoms with Crippen molar-refractivity contribution < 1.29 is 4.74 Å². The van der Waals surface area contributed by atoms with Gasteiger partial charge in [-0.2, -0.15) is 0 Å². The van der Waals surface area contributed by atoms with E-state index in [4.69, 9.17) is 4.74 Å². The highest BCUT2D eigenvalue weighted by atomic mass is 16.5. The van der Waals surface area contributed by atoms with Crippen LogP contribution < -0.4 is 10.1 Å². The Hall–Kier alpha value is -1.09. The Labute approximate surface area is 96.2 Å². The van der Waals surface area contributed by atoms with Gasteiger partial charge in [0.2, 0.25) is 5.88 Å². The van der Waals surface area contributed by atoms with Gasteiger partial charge in [0.05, 0.1) is 7.11 Å². The smallest absolute Gasteiger partial charge is 0.212 e. The number of rotatable bonds is 5. The Bertz CT molecular complexity index is 359. The molecule has 16 heavy (non-hydrogen) atoms. The van der Waals surface area contributed by atoms with E-state index in [1.54, 1.807) is 7.11 Å². The fraction of sp³-hybridized carbons (Fsp3) is 0.615. The van der Waals surface area contributed by atoms with Crippen molar-refractivity contribution in [3.63, 3.8) is 0 Å². The average Bonchev–Trinajstić information content (AvgIpc) is 3.20. The zero-order valence-electron chi connectivity index (χ0n) is 9.65. The number of hydrogen-bond acceptors (Lipinski definition) is 3. The molecule has 0 radical (unpaired) electrons. The highest BCUT2D eigenvalue weighted by Gasteiger charge is 2.39. The van der Waals surface area contributed by atoms with Gasteiger partial charge in [-0.25, -0.2) is 4.98 Å². The van der Waals surface area contributed by atoms with E-state index in [0.29, 0.717) is 5.88 Å². The van der Waals surface area contributed by atoms with Crippen molar-refractivity contribution >= 4 is 0 Å². The van der Waals surface area contributed by atoms with Gasteiger partial charge in [-0.05, 0) is 43.2 Å². The monoisotopic (exact) mass is 218 g/mol. The first kappa shape index (κ1) is 10.1. The number of nitrogens with one attached hydrogen (secondary N) is 1. The Kier molecular flexibility index (Phi) is 2.56. The number of nitrogens with zero attached hydrogens (tertiary/aromatic N) is 1. The Morgan fingerprint density at radius 3 is 2.94 bits per heavy atom. The molecule has 3 heteroatoms. The van der Waals surface area contributed by atoms with E-state index in [1.165, 1.54) is 31.4 Å². The van der Waals surface area contributed by atoms with Crippen molar-refractivity contribution in [2.45, 2.75) is 31.2 Å². The number of methoxy groups -OCH3 is 1.